The van der Waals surface area contributed by atoms with E-state index in [4.69, 9.17) is 4.74 Å². The lowest BCUT2D eigenvalue weighted by Crippen LogP contribution is -2.40. The zero-order valence-corrected chi connectivity index (χ0v) is 9.40. The Morgan fingerprint density at radius 1 is 1.50 bits per heavy atom. The first-order valence-electron chi connectivity index (χ1n) is 4.47. The number of rotatable bonds is 2. The van der Waals surface area contributed by atoms with E-state index in [2.05, 4.69) is 21.2 Å². The first-order valence-corrected chi connectivity index (χ1v) is 5.26. The lowest BCUT2D eigenvalue weighted by atomic mass is 10.1. The van der Waals surface area contributed by atoms with Crippen LogP contribution < -0.4 is 5.32 Å². The molecule has 0 atom stereocenters. The van der Waals surface area contributed by atoms with Gasteiger partial charge in [-0.25, -0.2) is 4.39 Å². The Labute approximate surface area is 90.6 Å². The molecule has 4 heteroatoms. The average Bonchev–Trinajstić information content (AvgIpc) is 2.06. The number of benzene rings is 1. The third-order valence-electron chi connectivity index (χ3n) is 2.26. The van der Waals surface area contributed by atoms with Gasteiger partial charge in [0.25, 0.3) is 0 Å². The molecule has 1 N–H and O–H groups in total. The van der Waals surface area contributed by atoms with Crippen LogP contribution in [0, 0.1) is 12.7 Å². The molecule has 0 amide bonds. The fourth-order valence-corrected chi connectivity index (χ4v) is 1.68. The summed E-state index contributed by atoms with van der Waals surface area (Å²) in [4.78, 5) is 0. The highest BCUT2D eigenvalue weighted by molar-refractivity contribution is 9.10. The molecule has 0 unspecified atom stereocenters. The van der Waals surface area contributed by atoms with Crippen molar-refractivity contribution in [3.05, 3.63) is 28.0 Å². The van der Waals surface area contributed by atoms with Crippen LogP contribution in [0.15, 0.2) is 16.6 Å². The van der Waals surface area contributed by atoms with Gasteiger partial charge >= 0.3 is 0 Å². The number of nitrogens with one attached hydrogen (secondary N) is 1. The fraction of sp³-hybridized carbons (Fsp3) is 0.400. The first kappa shape index (κ1) is 9.93. The molecule has 1 aromatic carbocycles. The second-order valence-corrected chi connectivity index (χ2v) is 4.31. The van der Waals surface area contributed by atoms with Gasteiger partial charge in [0.15, 0.2) is 0 Å². The molecule has 1 aromatic rings. The Hall–Kier alpha value is -0.610. The van der Waals surface area contributed by atoms with Crippen molar-refractivity contribution in [2.45, 2.75) is 13.0 Å². The Morgan fingerprint density at radius 3 is 2.79 bits per heavy atom. The van der Waals surface area contributed by atoms with Crippen molar-refractivity contribution in [2.24, 2.45) is 0 Å². The van der Waals surface area contributed by atoms with Crippen LogP contribution in [0.5, 0.6) is 0 Å². The van der Waals surface area contributed by atoms with E-state index in [1.165, 1.54) is 6.07 Å². The van der Waals surface area contributed by atoms with E-state index >= 15 is 0 Å². The Bertz CT molecular complexity index is 352. The highest BCUT2D eigenvalue weighted by atomic mass is 79.9. The minimum atomic E-state index is -0.224. The molecule has 76 valence electrons. The topological polar surface area (TPSA) is 21.3 Å². The smallest absolute Gasteiger partial charge is 0.137 e. The summed E-state index contributed by atoms with van der Waals surface area (Å²) in [5, 5.41) is 3.29. The van der Waals surface area contributed by atoms with Crippen molar-refractivity contribution in [1.82, 2.24) is 0 Å². The molecule has 1 saturated heterocycles. The van der Waals surface area contributed by atoms with E-state index < -0.39 is 0 Å². The van der Waals surface area contributed by atoms with Crippen molar-refractivity contribution in [3.8, 4) is 0 Å². The van der Waals surface area contributed by atoms with Crippen molar-refractivity contribution < 1.29 is 9.13 Å². The van der Waals surface area contributed by atoms with Crippen LogP contribution in [0.25, 0.3) is 0 Å². The molecule has 1 fully saturated rings. The van der Waals surface area contributed by atoms with Crippen molar-refractivity contribution in [3.63, 3.8) is 0 Å². The van der Waals surface area contributed by atoms with Crippen LogP contribution >= 0.6 is 15.9 Å². The average molecular weight is 260 g/mol. The molecule has 0 bridgehead atoms. The third-order valence-corrected chi connectivity index (χ3v) is 2.87. The molecule has 0 aliphatic carbocycles. The van der Waals surface area contributed by atoms with Crippen LogP contribution in [0.4, 0.5) is 10.1 Å². The lowest BCUT2D eigenvalue weighted by molar-refractivity contribution is 0.0211. The van der Waals surface area contributed by atoms with Gasteiger partial charge in [0.05, 0.1) is 23.7 Å². The molecule has 1 heterocycles. The Kier molecular flexibility index (Phi) is 2.74. The Morgan fingerprint density at radius 2 is 2.21 bits per heavy atom. The molecule has 1 aliphatic heterocycles. The number of ether oxygens (including phenoxy) is 1. The normalized spacial score (nSPS) is 16.5. The van der Waals surface area contributed by atoms with Crippen LogP contribution in [-0.2, 0) is 4.74 Å². The summed E-state index contributed by atoms with van der Waals surface area (Å²) >= 11 is 3.16. The van der Waals surface area contributed by atoms with Gasteiger partial charge in [-0.15, -0.1) is 0 Å². The monoisotopic (exact) mass is 259 g/mol. The molecule has 0 saturated carbocycles. The number of hydrogen-bond donors (Lipinski definition) is 1. The number of hydrogen-bond acceptors (Lipinski definition) is 2. The summed E-state index contributed by atoms with van der Waals surface area (Å²) in [6, 6.07) is 3.65. The van der Waals surface area contributed by atoms with Crippen molar-refractivity contribution >= 4 is 21.6 Å². The van der Waals surface area contributed by atoms with Gasteiger partial charge in [-0.2, -0.15) is 0 Å². The van der Waals surface area contributed by atoms with Gasteiger partial charge in [0.1, 0.15) is 5.82 Å². The quantitative estimate of drug-likeness (QED) is 0.882. The van der Waals surface area contributed by atoms with Crippen LogP contribution in [0.1, 0.15) is 5.56 Å². The molecule has 0 spiro atoms. The SMILES string of the molecule is Cc1cc(F)c(Br)cc1NC1COC1. The standard InChI is InChI=1S/C10H11BrFNO/c1-6-2-9(12)8(11)3-10(6)13-7-4-14-5-7/h2-3,7,13H,4-5H2,1H3. The van der Waals surface area contributed by atoms with Crippen molar-refractivity contribution in [2.75, 3.05) is 18.5 Å². The number of anilines is 1. The predicted molar refractivity (Wildman–Crippen MR) is 57.1 cm³/mol. The second kappa shape index (κ2) is 3.87. The largest absolute Gasteiger partial charge is 0.377 e. The van der Waals surface area contributed by atoms with Crippen LogP contribution in [0.3, 0.4) is 0 Å². The van der Waals surface area contributed by atoms with Gasteiger partial charge in [0.2, 0.25) is 0 Å². The molecule has 1 aliphatic rings. The van der Waals surface area contributed by atoms with Gasteiger partial charge in [-0.3, -0.25) is 0 Å². The first-order chi connectivity index (χ1) is 6.66. The maximum Gasteiger partial charge on any atom is 0.137 e. The summed E-state index contributed by atoms with van der Waals surface area (Å²) in [7, 11) is 0. The summed E-state index contributed by atoms with van der Waals surface area (Å²) in [6.45, 7) is 3.35. The van der Waals surface area contributed by atoms with Gasteiger partial charge in [0, 0.05) is 5.69 Å². The maximum atomic E-state index is 13.1. The van der Waals surface area contributed by atoms with E-state index in [1.54, 1.807) is 6.07 Å². The zero-order valence-electron chi connectivity index (χ0n) is 7.81. The Balaban J connectivity index is 2.19. The molecular weight excluding hydrogens is 249 g/mol. The molecular formula is C10H11BrFNO. The molecule has 14 heavy (non-hydrogen) atoms. The van der Waals surface area contributed by atoms with Gasteiger partial charge < -0.3 is 10.1 Å². The third kappa shape index (κ3) is 1.91. The summed E-state index contributed by atoms with van der Waals surface area (Å²) < 4.78 is 18.6. The predicted octanol–water partition coefficient (Wildman–Crippen LogP) is 2.71. The highest BCUT2D eigenvalue weighted by Crippen LogP contribution is 2.25. The minimum Gasteiger partial charge on any atom is -0.377 e. The molecule has 2 rings (SSSR count). The summed E-state index contributed by atoms with van der Waals surface area (Å²) in [5.41, 5.74) is 1.88. The van der Waals surface area contributed by atoms with Crippen molar-refractivity contribution in [1.29, 1.82) is 0 Å². The maximum absolute atomic E-state index is 13.1. The van der Waals surface area contributed by atoms with E-state index in [1.807, 2.05) is 6.92 Å². The number of aryl methyl sites for hydroxylation is 1. The molecule has 0 radical (unpaired) electrons. The molecule has 2 nitrogen and oxygen atoms in total. The van der Waals surface area contributed by atoms with E-state index in [-0.39, 0.29) is 5.82 Å². The zero-order chi connectivity index (χ0) is 10.1. The van der Waals surface area contributed by atoms with Crippen LogP contribution in [0.2, 0.25) is 0 Å². The lowest BCUT2D eigenvalue weighted by Gasteiger charge is -2.28. The minimum absolute atomic E-state index is 0.224. The summed E-state index contributed by atoms with van der Waals surface area (Å²) in [6.07, 6.45) is 0. The fourth-order valence-electron chi connectivity index (χ4n) is 1.34. The van der Waals surface area contributed by atoms with Gasteiger partial charge in [-0.05, 0) is 40.5 Å². The summed E-state index contributed by atoms with van der Waals surface area (Å²) in [5.74, 6) is -0.224. The van der Waals surface area contributed by atoms with Gasteiger partial charge in [-0.1, -0.05) is 0 Å². The molecule has 0 aromatic heterocycles. The van der Waals surface area contributed by atoms with E-state index in [9.17, 15) is 4.39 Å². The second-order valence-electron chi connectivity index (χ2n) is 3.46. The van der Waals surface area contributed by atoms with E-state index in [0.717, 1.165) is 24.5 Å². The van der Waals surface area contributed by atoms with Crippen LogP contribution in [-0.4, -0.2) is 19.3 Å². The highest BCUT2D eigenvalue weighted by Gasteiger charge is 2.18. The van der Waals surface area contributed by atoms with E-state index in [0.29, 0.717) is 10.5 Å². The number of halogens is 2.